The summed E-state index contributed by atoms with van der Waals surface area (Å²) in [7, 11) is 0. The molecular formula is C11H14N4S. The zero-order chi connectivity index (χ0) is 11.5. The smallest absolute Gasteiger partial charge is 0.129 e. The molecule has 0 bridgehead atoms. The fraction of sp³-hybridized carbons (Fsp3) is 0.364. The monoisotopic (exact) mass is 234 g/mol. The SMILES string of the molecule is Cc1nccc(NCc2sc(C)nc2C)n1. The molecule has 0 radical (unpaired) electrons. The summed E-state index contributed by atoms with van der Waals surface area (Å²) in [5.74, 6) is 1.64. The third kappa shape index (κ3) is 2.55. The van der Waals surface area contributed by atoms with Gasteiger partial charge in [-0.25, -0.2) is 15.0 Å². The van der Waals surface area contributed by atoms with Crippen molar-refractivity contribution in [2.24, 2.45) is 0 Å². The van der Waals surface area contributed by atoms with E-state index in [2.05, 4.69) is 20.3 Å². The van der Waals surface area contributed by atoms with Gasteiger partial charge in [0.1, 0.15) is 11.6 Å². The van der Waals surface area contributed by atoms with Gasteiger partial charge < -0.3 is 5.32 Å². The Morgan fingerprint density at radius 3 is 2.69 bits per heavy atom. The number of aryl methyl sites for hydroxylation is 3. The quantitative estimate of drug-likeness (QED) is 0.886. The summed E-state index contributed by atoms with van der Waals surface area (Å²) >= 11 is 1.72. The number of thiazole rings is 1. The first kappa shape index (κ1) is 11.0. The van der Waals surface area contributed by atoms with Gasteiger partial charge in [0, 0.05) is 11.1 Å². The normalized spacial score (nSPS) is 10.4. The highest BCUT2D eigenvalue weighted by Gasteiger charge is 2.04. The van der Waals surface area contributed by atoms with Crippen LogP contribution in [-0.2, 0) is 6.54 Å². The first-order valence-corrected chi connectivity index (χ1v) is 5.93. The molecule has 0 aliphatic rings. The lowest BCUT2D eigenvalue weighted by molar-refractivity contribution is 1.02. The van der Waals surface area contributed by atoms with Crippen LogP contribution >= 0.6 is 11.3 Å². The highest BCUT2D eigenvalue weighted by molar-refractivity contribution is 7.11. The molecule has 1 N–H and O–H groups in total. The van der Waals surface area contributed by atoms with Crippen LogP contribution in [0.3, 0.4) is 0 Å². The second kappa shape index (κ2) is 4.57. The third-order valence-electron chi connectivity index (χ3n) is 2.21. The second-order valence-electron chi connectivity index (χ2n) is 3.58. The molecule has 0 aromatic carbocycles. The average molecular weight is 234 g/mol. The topological polar surface area (TPSA) is 50.7 Å². The molecule has 4 nitrogen and oxygen atoms in total. The fourth-order valence-electron chi connectivity index (χ4n) is 1.46. The molecule has 0 atom stereocenters. The number of nitrogens with one attached hydrogen (secondary N) is 1. The van der Waals surface area contributed by atoms with Crippen LogP contribution in [-0.4, -0.2) is 15.0 Å². The van der Waals surface area contributed by atoms with Crippen molar-refractivity contribution in [3.63, 3.8) is 0 Å². The predicted molar refractivity (Wildman–Crippen MR) is 65.7 cm³/mol. The molecule has 0 spiro atoms. The third-order valence-corrected chi connectivity index (χ3v) is 3.28. The van der Waals surface area contributed by atoms with Crippen molar-refractivity contribution >= 4 is 17.2 Å². The highest BCUT2D eigenvalue weighted by atomic mass is 32.1. The van der Waals surface area contributed by atoms with Crippen LogP contribution in [0.4, 0.5) is 5.82 Å². The van der Waals surface area contributed by atoms with Gasteiger partial charge in [-0.3, -0.25) is 0 Å². The summed E-state index contributed by atoms with van der Waals surface area (Å²) in [5.41, 5.74) is 1.10. The number of nitrogens with zero attached hydrogens (tertiary/aromatic N) is 3. The fourth-order valence-corrected chi connectivity index (χ4v) is 2.34. The first-order valence-electron chi connectivity index (χ1n) is 5.11. The van der Waals surface area contributed by atoms with E-state index in [0.29, 0.717) is 0 Å². The van der Waals surface area contributed by atoms with Crippen LogP contribution in [0.25, 0.3) is 0 Å². The van der Waals surface area contributed by atoms with Crippen molar-refractivity contribution in [2.45, 2.75) is 27.3 Å². The van der Waals surface area contributed by atoms with Gasteiger partial charge in [0.25, 0.3) is 0 Å². The standard InChI is InChI=1S/C11H14N4S/c1-7-10(16-9(3)14-7)6-13-11-4-5-12-8(2)15-11/h4-5H,6H2,1-3H3,(H,12,13,15). The summed E-state index contributed by atoms with van der Waals surface area (Å²) < 4.78 is 0. The van der Waals surface area contributed by atoms with Gasteiger partial charge in [0.05, 0.1) is 17.2 Å². The Labute approximate surface area is 98.8 Å². The molecule has 0 aliphatic carbocycles. The predicted octanol–water partition coefficient (Wildman–Crippen LogP) is 2.47. The van der Waals surface area contributed by atoms with E-state index in [4.69, 9.17) is 0 Å². The Balaban J connectivity index is 2.05. The van der Waals surface area contributed by atoms with E-state index in [0.717, 1.165) is 28.9 Å². The van der Waals surface area contributed by atoms with Crippen LogP contribution in [0.5, 0.6) is 0 Å². The summed E-state index contributed by atoms with van der Waals surface area (Å²) in [6, 6.07) is 1.87. The van der Waals surface area contributed by atoms with Gasteiger partial charge in [-0.1, -0.05) is 0 Å². The van der Waals surface area contributed by atoms with Crippen molar-refractivity contribution in [1.82, 2.24) is 15.0 Å². The van der Waals surface area contributed by atoms with Crippen LogP contribution in [0.2, 0.25) is 0 Å². The largest absolute Gasteiger partial charge is 0.365 e. The molecule has 16 heavy (non-hydrogen) atoms. The van der Waals surface area contributed by atoms with Crippen molar-refractivity contribution in [3.8, 4) is 0 Å². The van der Waals surface area contributed by atoms with Crippen LogP contribution in [0.1, 0.15) is 21.4 Å². The minimum Gasteiger partial charge on any atom is -0.365 e. The summed E-state index contributed by atoms with van der Waals surface area (Å²) in [5, 5.41) is 4.38. The molecule has 2 rings (SSSR count). The molecule has 2 heterocycles. The van der Waals surface area contributed by atoms with Crippen LogP contribution < -0.4 is 5.32 Å². The summed E-state index contributed by atoms with van der Waals surface area (Å²) in [6.07, 6.45) is 1.76. The Bertz CT molecular complexity index is 492. The van der Waals surface area contributed by atoms with Crippen molar-refractivity contribution < 1.29 is 0 Å². The van der Waals surface area contributed by atoms with Gasteiger partial charge >= 0.3 is 0 Å². The molecule has 5 heteroatoms. The Morgan fingerprint density at radius 2 is 2.06 bits per heavy atom. The minimum absolute atomic E-state index is 0.772. The van der Waals surface area contributed by atoms with Gasteiger partial charge in [-0.2, -0.15) is 0 Å². The van der Waals surface area contributed by atoms with Crippen molar-refractivity contribution in [1.29, 1.82) is 0 Å². The van der Waals surface area contributed by atoms with Gasteiger partial charge in [-0.05, 0) is 26.8 Å². The van der Waals surface area contributed by atoms with E-state index in [1.165, 1.54) is 4.88 Å². The lowest BCUT2D eigenvalue weighted by Gasteiger charge is -2.04. The van der Waals surface area contributed by atoms with Gasteiger partial charge in [0.2, 0.25) is 0 Å². The number of rotatable bonds is 3. The van der Waals surface area contributed by atoms with E-state index >= 15 is 0 Å². The number of hydrogen-bond acceptors (Lipinski definition) is 5. The van der Waals surface area contributed by atoms with Gasteiger partial charge in [0.15, 0.2) is 0 Å². The van der Waals surface area contributed by atoms with Crippen LogP contribution in [0, 0.1) is 20.8 Å². The van der Waals surface area contributed by atoms with E-state index in [-0.39, 0.29) is 0 Å². The van der Waals surface area contributed by atoms with E-state index in [9.17, 15) is 0 Å². The van der Waals surface area contributed by atoms with Crippen molar-refractivity contribution in [2.75, 3.05) is 5.32 Å². The zero-order valence-corrected chi connectivity index (χ0v) is 10.4. The van der Waals surface area contributed by atoms with E-state index in [1.807, 2.05) is 26.8 Å². The molecule has 84 valence electrons. The maximum absolute atomic E-state index is 4.39. The maximum atomic E-state index is 4.39. The molecule has 0 saturated heterocycles. The van der Waals surface area contributed by atoms with E-state index < -0.39 is 0 Å². The number of hydrogen-bond donors (Lipinski definition) is 1. The lowest BCUT2D eigenvalue weighted by atomic mass is 10.4. The zero-order valence-electron chi connectivity index (χ0n) is 9.61. The minimum atomic E-state index is 0.772. The lowest BCUT2D eigenvalue weighted by Crippen LogP contribution is -2.02. The summed E-state index contributed by atoms with van der Waals surface area (Å²) in [4.78, 5) is 14.0. The molecule has 0 unspecified atom stereocenters. The molecule has 0 amide bonds. The Kier molecular flexibility index (Phi) is 3.14. The average Bonchev–Trinajstić information content (AvgIpc) is 2.54. The second-order valence-corrected chi connectivity index (χ2v) is 4.87. The first-order chi connectivity index (χ1) is 7.65. The van der Waals surface area contributed by atoms with Gasteiger partial charge in [-0.15, -0.1) is 11.3 Å². The highest BCUT2D eigenvalue weighted by Crippen LogP contribution is 2.18. The number of anilines is 1. The van der Waals surface area contributed by atoms with Crippen molar-refractivity contribution in [3.05, 3.63) is 33.7 Å². The Morgan fingerprint density at radius 1 is 1.25 bits per heavy atom. The maximum Gasteiger partial charge on any atom is 0.129 e. The van der Waals surface area contributed by atoms with Crippen LogP contribution in [0.15, 0.2) is 12.3 Å². The molecule has 0 aliphatic heterocycles. The molecule has 2 aromatic heterocycles. The molecule has 0 saturated carbocycles. The Hall–Kier alpha value is -1.49. The van der Waals surface area contributed by atoms with E-state index in [1.54, 1.807) is 17.5 Å². The molecule has 0 fully saturated rings. The number of aromatic nitrogens is 3. The summed E-state index contributed by atoms with van der Waals surface area (Å²) in [6.45, 7) is 6.71. The molecule has 2 aromatic rings. The molecular weight excluding hydrogens is 220 g/mol.